The predicted molar refractivity (Wildman–Crippen MR) is 26.9 cm³/mol. The second kappa shape index (κ2) is 4.43. The van der Waals surface area contributed by atoms with Gasteiger partial charge in [-0.05, 0) is 0 Å². The van der Waals surface area contributed by atoms with Crippen LogP contribution in [0.2, 0.25) is 0 Å². The summed E-state index contributed by atoms with van der Waals surface area (Å²) in [7, 11) is 0. The van der Waals surface area contributed by atoms with Crippen molar-refractivity contribution in [1.29, 1.82) is 0 Å². The zero-order valence-electron chi connectivity index (χ0n) is 4.99. The summed E-state index contributed by atoms with van der Waals surface area (Å²) in [5.74, 6) is 0. The van der Waals surface area contributed by atoms with Crippen LogP contribution >= 0.6 is 0 Å². The predicted octanol–water partition coefficient (Wildman–Crippen LogP) is 1.74. The molecule has 1 atom stereocenters. The first kappa shape index (κ1) is 12.3. The molecule has 0 bridgehead atoms. The number of alkyl halides is 4. The lowest BCUT2D eigenvalue weighted by molar-refractivity contribution is -0.138. The first-order chi connectivity index (χ1) is 3.92. The normalized spacial score (nSPS) is 14.1. The Hall–Kier alpha value is -0.390. The maximum atomic E-state index is 11.5. The number of rotatable bonds is 2. The Labute approximate surface area is 54.6 Å². The van der Waals surface area contributed by atoms with Crippen molar-refractivity contribution in [2.24, 2.45) is 5.73 Å². The first-order valence-electron chi connectivity index (χ1n) is 2.38. The van der Waals surface area contributed by atoms with Crippen LogP contribution in [0.3, 0.4) is 0 Å². The summed E-state index contributed by atoms with van der Waals surface area (Å²) in [6, 6.07) is 0. The van der Waals surface area contributed by atoms with Crippen molar-refractivity contribution in [1.82, 2.24) is 0 Å². The van der Waals surface area contributed by atoms with Gasteiger partial charge in [0.15, 0.2) is 0 Å². The molecule has 0 fully saturated rings. The van der Waals surface area contributed by atoms with E-state index in [0.717, 1.165) is 0 Å². The summed E-state index contributed by atoms with van der Waals surface area (Å²) in [5, 5.41) is 0. The van der Waals surface area contributed by atoms with Gasteiger partial charge in [0.2, 0.25) is 0 Å². The van der Waals surface area contributed by atoms with Crippen molar-refractivity contribution in [3.8, 4) is 0 Å². The summed E-state index contributed by atoms with van der Waals surface area (Å²) < 4.78 is 45.1. The van der Waals surface area contributed by atoms with Gasteiger partial charge >= 0.3 is 6.18 Å². The highest BCUT2D eigenvalue weighted by atomic mass is 19.4. The molecule has 0 spiro atoms. The molecule has 0 aromatic heterocycles. The van der Waals surface area contributed by atoms with Crippen LogP contribution < -0.4 is 5.73 Å². The molecule has 0 aliphatic carbocycles. The van der Waals surface area contributed by atoms with Crippen LogP contribution in [0.1, 0.15) is 12.8 Å². The van der Waals surface area contributed by atoms with E-state index < -0.39 is 25.3 Å². The standard InChI is InChI=1S/C4H7F4N.FH/c5-3(9)1-2-4(6,7)8;/h3H,1-2,9H2;1H. The first-order valence-corrected chi connectivity index (χ1v) is 2.38. The number of hydrogen-bond acceptors (Lipinski definition) is 1. The summed E-state index contributed by atoms with van der Waals surface area (Å²) in [4.78, 5) is 0. The minimum absolute atomic E-state index is 0. The Balaban J connectivity index is 0. The second-order valence-electron chi connectivity index (χ2n) is 1.67. The molecule has 0 heterocycles. The van der Waals surface area contributed by atoms with Crippen LogP contribution in [0, 0.1) is 0 Å². The Morgan fingerprint density at radius 1 is 1.30 bits per heavy atom. The molecule has 6 heteroatoms. The van der Waals surface area contributed by atoms with E-state index in [9.17, 15) is 17.6 Å². The van der Waals surface area contributed by atoms with E-state index in [0.29, 0.717) is 0 Å². The van der Waals surface area contributed by atoms with Gasteiger partial charge in [-0.15, -0.1) is 0 Å². The van der Waals surface area contributed by atoms with Crippen LogP contribution in [0.25, 0.3) is 0 Å². The van der Waals surface area contributed by atoms with Crippen LogP contribution in [-0.2, 0) is 0 Å². The molecular formula is C4H8F5N. The van der Waals surface area contributed by atoms with E-state index in [4.69, 9.17) is 0 Å². The molecule has 64 valence electrons. The molecule has 10 heavy (non-hydrogen) atoms. The highest BCUT2D eigenvalue weighted by molar-refractivity contribution is 4.53. The lowest BCUT2D eigenvalue weighted by atomic mass is 10.3. The quantitative estimate of drug-likeness (QED) is 0.489. The van der Waals surface area contributed by atoms with Gasteiger partial charge in [0.05, 0.1) is 0 Å². The van der Waals surface area contributed by atoms with Crippen molar-refractivity contribution in [2.75, 3.05) is 0 Å². The van der Waals surface area contributed by atoms with Gasteiger partial charge in [-0.1, -0.05) is 0 Å². The third-order valence-corrected chi connectivity index (χ3v) is 0.704. The zero-order valence-corrected chi connectivity index (χ0v) is 4.99. The maximum Gasteiger partial charge on any atom is 0.389 e. The second-order valence-corrected chi connectivity index (χ2v) is 1.67. The Bertz CT molecular complexity index is 78.2. The monoisotopic (exact) mass is 165 g/mol. The fourth-order valence-electron chi connectivity index (χ4n) is 0.302. The smallest absolute Gasteiger partial charge is 0.302 e. The Morgan fingerprint density at radius 3 is 1.80 bits per heavy atom. The average Bonchev–Trinajstić information content (AvgIpc) is 1.59. The molecule has 0 aromatic rings. The van der Waals surface area contributed by atoms with Gasteiger partial charge in [0.1, 0.15) is 6.30 Å². The number of nitrogens with two attached hydrogens (primary N) is 1. The lowest BCUT2D eigenvalue weighted by Gasteiger charge is -2.05. The van der Waals surface area contributed by atoms with Gasteiger partial charge in [0, 0.05) is 12.8 Å². The molecule has 0 saturated heterocycles. The topological polar surface area (TPSA) is 26.0 Å². The molecule has 0 saturated carbocycles. The van der Waals surface area contributed by atoms with Crippen LogP contribution in [0.5, 0.6) is 0 Å². The SMILES string of the molecule is F.NC(F)CCC(F)(F)F. The van der Waals surface area contributed by atoms with Crippen molar-refractivity contribution in [2.45, 2.75) is 25.3 Å². The average molecular weight is 165 g/mol. The van der Waals surface area contributed by atoms with Crippen molar-refractivity contribution < 1.29 is 22.3 Å². The van der Waals surface area contributed by atoms with Gasteiger partial charge in [0.25, 0.3) is 0 Å². The minimum atomic E-state index is -4.29. The van der Waals surface area contributed by atoms with Crippen molar-refractivity contribution in [3.05, 3.63) is 0 Å². The summed E-state index contributed by atoms with van der Waals surface area (Å²) >= 11 is 0. The van der Waals surface area contributed by atoms with E-state index in [1.54, 1.807) is 0 Å². The molecule has 0 aromatic carbocycles. The van der Waals surface area contributed by atoms with E-state index >= 15 is 0 Å². The third kappa shape index (κ3) is 10.6. The molecular weight excluding hydrogens is 157 g/mol. The molecule has 1 unspecified atom stereocenters. The molecule has 0 rings (SSSR count). The summed E-state index contributed by atoms with van der Waals surface area (Å²) in [6.07, 6.45) is -7.94. The lowest BCUT2D eigenvalue weighted by Crippen LogP contribution is -2.17. The van der Waals surface area contributed by atoms with Gasteiger partial charge in [-0.25, -0.2) is 4.39 Å². The van der Waals surface area contributed by atoms with E-state index in [-0.39, 0.29) is 4.70 Å². The summed E-state index contributed by atoms with van der Waals surface area (Å²) in [6.45, 7) is 0. The molecule has 0 aliphatic heterocycles. The number of hydrogen-bond donors (Lipinski definition) is 1. The van der Waals surface area contributed by atoms with E-state index in [1.165, 1.54) is 0 Å². The highest BCUT2D eigenvalue weighted by Crippen LogP contribution is 2.21. The fourth-order valence-corrected chi connectivity index (χ4v) is 0.302. The van der Waals surface area contributed by atoms with Gasteiger partial charge < -0.3 is 5.73 Å². The van der Waals surface area contributed by atoms with Crippen molar-refractivity contribution in [3.63, 3.8) is 0 Å². The molecule has 0 radical (unpaired) electrons. The van der Waals surface area contributed by atoms with Gasteiger partial charge in [-0.3, -0.25) is 4.70 Å². The number of halogens is 5. The zero-order chi connectivity index (χ0) is 7.49. The van der Waals surface area contributed by atoms with Crippen LogP contribution in [0.4, 0.5) is 22.3 Å². The largest absolute Gasteiger partial charge is 0.389 e. The molecule has 0 aliphatic rings. The fraction of sp³-hybridized carbons (Fsp3) is 1.00. The van der Waals surface area contributed by atoms with E-state index in [1.807, 2.05) is 0 Å². The molecule has 2 N–H and O–H groups in total. The molecule has 1 nitrogen and oxygen atoms in total. The molecule has 0 amide bonds. The summed E-state index contributed by atoms with van der Waals surface area (Å²) in [5.41, 5.74) is 4.43. The highest BCUT2D eigenvalue weighted by Gasteiger charge is 2.27. The van der Waals surface area contributed by atoms with E-state index in [2.05, 4.69) is 5.73 Å². The van der Waals surface area contributed by atoms with Crippen LogP contribution in [0.15, 0.2) is 0 Å². The Kier molecular flexibility index (Phi) is 5.45. The van der Waals surface area contributed by atoms with Crippen molar-refractivity contribution >= 4 is 0 Å². The Morgan fingerprint density at radius 2 is 1.70 bits per heavy atom. The van der Waals surface area contributed by atoms with Gasteiger partial charge in [-0.2, -0.15) is 13.2 Å². The third-order valence-electron chi connectivity index (χ3n) is 0.704. The maximum absolute atomic E-state index is 11.5. The minimum Gasteiger partial charge on any atom is -0.302 e. The van der Waals surface area contributed by atoms with Crippen LogP contribution in [-0.4, -0.2) is 12.5 Å².